The van der Waals surface area contributed by atoms with Gasteiger partial charge in [0.1, 0.15) is 17.5 Å². The van der Waals surface area contributed by atoms with Crippen LogP contribution in [0.5, 0.6) is 0 Å². The number of carbonyl (C=O) groups is 1. The van der Waals surface area contributed by atoms with Crippen molar-refractivity contribution in [1.82, 2.24) is 20.1 Å². The van der Waals surface area contributed by atoms with Gasteiger partial charge < -0.3 is 19.9 Å². The predicted molar refractivity (Wildman–Crippen MR) is 119 cm³/mol. The number of halogens is 3. The zero-order valence-corrected chi connectivity index (χ0v) is 18.7. The van der Waals surface area contributed by atoms with Gasteiger partial charge in [-0.2, -0.15) is 23.5 Å². The van der Waals surface area contributed by atoms with Crippen LogP contribution in [0, 0.1) is 11.3 Å². The van der Waals surface area contributed by atoms with Crippen LogP contribution in [0.15, 0.2) is 29.3 Å². The van der Waals surface area contributed by atoms with Crippen LogP contribution in [-0.2, 0) is 15.7 Å². The maximum Gasteiger partial charge on any atom is 0.423 e. The Labute approximate surface area is 198 Å². The number of H-pyrrole nitrogens is 1. The fourth-order valence-electron chi connectivity index (χ4n) is 4.27. The summed E-state index contributed by atoms with van der Waals surface area (Å²) in [5.41, 5.74) is -2.31. The van der Waals surface area contributed by atoms with E-state index in [0.29, 0.717) is 43.9 Å². The number of nitriles is 1. The van der Waals surface area contributed by atoms with Gasteiger partial charge in [0.15, 0.2) is 0 Å². The van der Waals surface area contributed by atoms with Crippen LogP contribution in [0.25, 0.3) is 0 Å². The van der Waals surface area contributed by atoms with Gasteiger partial charge in [-0.05, 0) is 25.0 Å². The molecule has 2 aliphatic rings. The summed E-state index contributed by atoms with van der Waals surface area (Å²) in [4.78, 5) is 31.5. The first-order valence-electron chi connectivity index (χ1n) is 11.2. The molecule has 10 nitrogen and oxygen atoms in total. The molecule has 1 amide bonds. The fraction of sp³-hybridized carbons (Fsp3) is 0.500. The molecule has 2 aliphatic heterocycles. The van der Waals surface area contributed by atoms with Crippen molar-refractivity contribution < 1.29 is 22.7 Å². The predicted octanol–water partition coefficient (Wildman–Crippen LogP) is 1.75. The highest BCUT2D eigenvalue weighted by molar-refractivity contribution is 5.77. The van der Waals surface area contributed by atoms with Crippen molar-refractivity contribution >= 4 is 17.4 Å². The number of aromatic nitrogens is 3. The van der Waals surface area contributed by atoms with Gasteiger partial charge in [0.05, 0.1) is 49.2 Å². The number of carbonyl (C=O) groups excluding carboxylic acids is 1. The van der Waals surface area contributed by atoms with E-state index in [2.05, 4.69) is 15.4 Å². The van der Waals surface area contributed by atoms with Crippen molar-refractivity contribution in [1.29, 1.82) is 5.26 Å². The van der Waals surface area contributed by atoms with E-state index >= 15 is 0 Å². The Balaban J connectivity index is 1.21. The number of ether oxygens (including phenoxy) is 1. The molecule has 0 spiro atoms. The molecule has 0 aromatic carbocycles. The van der Waals surface area contributed by atoms with E-state index in [1.165, 1.54) is 11.1 Å². The first-order valence-corrected chi connectivity index (χ1v) is 11.2. The van der Waals surface area contributed by atoms with Crippen LogP contribution in [0.1, 0.15) is 30.4 Å². The minimum absolute atomic E-state index is 0.0674. The Morgan fingerprint density at radius 2 is 2.11 bits per heavy atom. The number of hydrogen-bond acceptors (Lipinski definition) is 8. The van der Waals surface area contributed by atoms with E-state index in [4.69, 9.17) is 10.00 Å². The molecule has 2 N–H and O–H groups in total. The van der Waals surface area contributed by atoms with Crippen LogP contribution in [0.4, 0.5) is 24.7 Å². The highest BCUT2D eigenvalue weighted by Crippen LogP contribution is 2.36. The van der Waals surface area contributed by atoms with Gasteiger partial charge in [-0.1, -0.05) is 0 Å². The van der Waals surface area contributed by atoms with Crippen molar-refractivity contribution in [2.75, 3.05) is 43.1 Å². The Bertz CT molecular complexity index is 1140. The topological polar surface area (TPSA) is 127 Å². The van der Waals surface area contributed by atoms with Gasteiger partial charge in [0, 0.05) is 25.8 Å². The van der Waals surface area contributed by atoms with Crippen molar-refractivity contribution in [2.45, 2.75) is 37.5 Å². The van der Waals surface area contributed by atoms with E-state index in [-0.39, 0.29) is 43.3 Å². The number of anilines is 2. The minimum Gasteiger partial charge on any atom is -0.379 e. The smallest absolute Gasteiger partial charge is 0.379 e. The molecule has 1 atom stereocenters. The van der Waals surface area contributed by atoms with Gasteiger partial charge >= 0.3 is 6.18 Å². The molecule has 4 rings (SSSR count). The lowest BCUT2D eigenvalue weighted by Crippen LogP contribution is -2.57. The summed E-state index contributed by atoms with van der Waals surface area (Å²) in [5, 5.41) is 17.4. The van der Waals surface area contributed by atoms with Crippen LogP contribution in [-0.4, -0.2) is 70.9 Å². The Morgan fingerprint density at radius 3 is 2.80 bits per heavy atom. The van der Waals surface area contributed by atoms with Gasteiger partial charge in [0.2, 0.25) is 5.91 Å². The molecule has 2 saturated heterocycles. The van der Waals surface area contributed by atoms with Crippen molar-refractivity contribution in [3.8, 4) is 6.07 Å². The quantitative estimate of drug-likeness (QED) is 0.535. The highest BCUT2D eigenvalue weighted by Gasteiger charge is 2.40. The SMILES string of the molecule is N#Cc1ccc(NC2CN(C(=O)CCOC[C@@H]3CCCN3c3cn[nH]c(=O)c3C(F)(F)F)C2)nc1. The second kappa shape index (κ2) is 10.3. The number of hydrogen-bond donors (Lipinski definition) is 2. The molecular formula is C22H24F3N7O3. The van der Waals surface area contributed by atoms with E-state index < -0.39 is 17.3 Å². The Morgan fingerprint density at radius 1 is 1.31 bits per heavy atom. The zero-order chi connectivity index (χ0) is 25.0. The third-order valence-corrected chi connectivity index (χ3v) is 6.06. The molecule has 0 saturated carbocycles. The molecule has 2 aromatic rings. The van der Waals surface area contributed by atoms with E-state index in [1.807, 2.05) is 11.2 Å². The number of amides is 1. The lowest BCUT2D eigenvalue weighted by Gasteiger charge is -2.40. The second-order valence-electron chi connectivity index (χ2n) is 8.46. The standard InChI is InChI=1S/C22H24F3N7O3/c23-22(24,25)20-17(10-28-30-21(20)34)32-6-1-2-16(32)13-35-7-5-19(33)31-11-15(12-31)29-18-4-3-14(8-26)9-27-18/h3-4,9-10,15-16H,1-2,5-7,11-13H2,(H,27,29)(H,30,34)/t16-/m0/s1. The van der Waals surface area contributed by atoms with E-state index in [0.717, 1.165) is 6.20 Å². The molecule has 186 valence electrons. The summed E-state index contributed by atoms with van der Waals surface area (Å²) in [6.45, 7) is 1.69. The zero-order valence-electron chi connectivity index (χ0n) is 18.7. The number of nitrogens with one attached hydrogen (secondary N) is 2. The number of alkyl halides is 3. The fourth-order valence-corrected chi connectivity index (χ4v) is 4.27. The lowest BCUT2D eigenvalue weighted by molar-refractivity contribution is -0.138. The maximum absolute atomic E-state index is 13.4. The van der Waals surface area contributed by atoms with Crippen LogP contribution >= 0.6 is 0 Å². The summed E-state index contributed by atoms with van der Waals surface area (Å²) in [6, 6.07) is 5.10. The Kier molecular flexibility index (Phi) is 7.20. The molecule has 13 heteroatoms. The van der Waals surface area contributed by atoms with E-state index in [1.54, 1.807) is 17.0 Å². The summed E-state index contributed by atoms with van der Waals surface area (Å²) < 4.78 is 45.9. The number of aromatic amines is 1. The van der Waals surface area contributed by atoms with Gasteiger partial charge in [-0.25, -0.2) is 10.1 Å². The number of rotatable bonds is 8. The summed E-state index contributed by atoms with van der Waals surface area (Å²) in [5.74, 6) is 0.562. The average Bonchev–Trinajstić information content (AvgIpc) is 3.26. The monoisotopic (exact) mass is 491 g/mol. The summed E-state index contributed by atoms with van der Waals surface area (Å²) in [6.07, 6.45) is -0.869. The molecule has 35 heavy (non-hydrogen) atoms. The molecule has 4 heterocycles. The third-order valence-electron chi connectivity index (χ3n) is 6.06. The summed E-state index contributed by atoms with van der Waals surface area (Å²) >= 11 is 0. The largest absolute Gasteiger partial charge is 0.423 e. The molecule has 0 radical (unpaired) electrons. The molecular weight excluding hydrogens is 467 g/mol. The molecule has 0 aliphatic carbocycles. The van der Waals surface area contributed by atoms with Crippen LogP contribution < -0.4 is 15.8 Å². The minimum atomic E-state index is -4.80. The third kappa shape index (κ3) is 5.71. The van der Waals surface area contributed by atoms with Crippen molar-refractivity contribution in [2.24, 2.45) is 0 Å². The number of pyridine rings is 1. The highest BCUT2D eigenvalue weighted by atomic mass is 19.4. The summed E-state index contributed by atoms with van der Waals surface area (Å²) in [7, 11) is 0. The maximum atomic E-state index is 13.4. The average molecular weight is 491 g/mol. The van der Waals surface area contributed by atoms with Gasteiger partial charge in [-0.15, -0.1) is 0 Å². The molecule has 0 unspecified atom stereocenters. The molecule has 2 fully saturated rings. The van der Waals surface area contributed by atoms with Crippen molar-refractivity contribution in [3.63, 3.8) is 0 Å². The first-order chi connectivity index (χ1) is 16.8. The molecule has 2 aromatic heterocycles. The Hall–Kier alpha value is -3.66. The first kappa shape index (κ1) is 24.5. The van der Waals surface area contributed by atoms with E-state index in [9.17, 15) is 22.8 Å². The van der Waals surface area contributed by atoms with Crippen LogP contribution in [0.2, 0.25) is 0 Å². The lowest BCUT2D eigenvalue weighted by atomic mass is 10.1. The van der Waals surface area contributed by atoms with Crippen LogP contribution in [0.3, 0.4) is 0 Å². The normalized spacial score (nSPS) is 18.3. The van der Waals surface area contributed by atoms with Crippen molar-refractivity contribution in [3.05, 3.63) is 46.0 Å². The number of likely N-dealkylation sites (tertiary alicyclic amines) is 1. The van der Waals surface area contributed by atoms with Gasteiger partial charge in [0.25, 0.3) is 5.56 Å². The molecule has 0 bridgehead atoms. The van der Waals surface area contributed by atoms with Gasteiger partial charge in [-0.3, -0.25) is 9.59 Å². The number of nitrogens with zero attached hydrogens (tertiary/aromatic N) is 5. The second-order valence-corrected chi connectivity index (χ2v) is 8.46.